The molecule has 3 rings (SSSR count). The van der Waals surface area contributed by atoms with Crippen LogP contribution >= 0.6 is 0 Å². The fraction of sp³-hybridized carbons (Fsp3) is 0.0909. The molecule has 0 spiro atoms. The number of hydrogen-bond donors (Lipinski definition) is 2. The summed E-state index contributed by atoms with van der Waals surface area (Å²) in [5.74, 6) is 0.753. The van der Waals surface area contributed by atoms with Crippen LogP contribution in [0.4, 0.5) is 0 Å². The first-order chi connectivity index (χ1) is 7.79. The van der Waals surface area contributed by atoms with Crippen LogP contribution in [-0.4, -0.2) is 22.3 Å². The molecule has 0 radical (unpaired) electrons. The summed E-state index contributed by atoms with van der Waals surface area (Å²) in [4.78, 5) is 14.6. The van der Waals surface area contributed by atoms with Crippen molar-refractivity contribution in [1.82, 2.24) is 15.2 Å². The van der Waals surface area contributed by atoms with E-state index in [1.54, 1.807) is 13.3 Å². The van der Waals surface area contributed by atoms with Crippen LogP contribution in [0, 0.1) is 0 Å². The van der Waals surface area contributed by atoms with Crippen molar-refractivity contribution in [2.45, 2.75) is 0 Å². The Morgan fingerprint density at radius 2 is 2.19 bits per heavy atom. The standard InChI is InChI=1S/C11H9N3O2/c1-16-6-2-3-7-8-5-12-14-11(15)10(8)13-9(7)4-6/h2-5,13H,1H3,(H,14,15). The first-order valence-electron chi connectivity index (χ1n) is 4.83. The van der Waals surface area contributed by atoms with Crippen molar-refractivity contribution < 1.29 is 4.74 Å². The number of benzene rings is 1. The van der Waals surface area contributed by atoms with Crippen molar-refractivity contribution >= 4 is 21.8 Å². The van der Waals surface area contributed by atoms with Gasteiger partial charge in [0.2, 0.25) is 0 Å². The summed E-state index contributed by atoms with van der Waals surface area (Å²) in [6.45, 7) is 0. The third-order valence-electron chi connectivity index (χ3n) is 2.63. The van der Waals surface area contributed by atoms with Gasteiger partial charge in [0.25, 0.3) is 5.56 Å². The zero-order valence-corrected chi connectivity index (χ0v) is 8.57. The van der Waals surface area contributed by atoms with E-state index in [1.165, 1.54) is 0 Å². The second-order valence-electron chi connectivity index (χ2n) is 3.52. The lowest BCUT2D eigenvalue weighted by Gasteiger charge is -1.97. The maximum absolute atomic E-state index is 11.5. The molecule has 2 heterocycles. The fourth-order valence-corrected chi connectivity index (χ4v) is 1.85. The molecule has 0 saturated heterocycles. The van der Waals surface area contributed by atoms with E-state index < -0.39 is 0 Å². The summed E-state index contributed by atoms with van der Waals surface area (Å²) in [5.41, 5.74) is 1.19. The van der Waals surface area contributed by atoms with E-state index in [1.807, 2.05) is 18.2 Å². The minimum atomic E-state index is -0.215. The van der Waals surface area contributed by atoms with Gasteiger partial charge in [0.1, 0.15) is 11.3 Å². The normalized spacial score (nSPS) is 11.1. The first kappa shape index (κ1) is 8.96. The highest BCUT2D eigenvalue weighted by Gasteiger charge is 2.07. The van der Waals surface area contributed by atoms with Crippen LogP contribution in [0.2, 0.25) is 0 Å². The Kier molecular flexibility index (Phi) is 1.73. The highest BCUT2D eigenvalue weighted by molar-refractivity contribution is 6.06. The van der Waals surface area contributed by atoms with E-state index in [-0.39, 0.29) is 5.56 Å². The van der Waals surface area contributed by atoms with E-state index in [9.17, 15) is 4.79 Å². The molecule has 0 fully saturated rings. The third kappa shape index (κ3) is 1.11. The molecule has 2 aromatic heterocycles. The van der Waals surface area contributed by atoms with Gasteiger partial charge in [0.05, 0.1) is 18.8 Å². The number of nitrogens with zero attached hydrogens (tertiary/aromatic N) is 1. The Hall–Kier alpha value is -2.30. The molecule has 0 aliphatic rings. The van der Waals surface area contributed by atoms with E-state index in [4.69, 9.17) is 4.74 Å². The first-order valence-corrected chi connectivity index (χ1v) is 4.83. The predicted molar refractivity (Wildman–Crippen MR) is 60.8 cm³/mol. The van der Waals surface area contributed by atoms with Gasteiger partial charge < -0.3 is 9.72 Å². The van der Waals surface area contributed by atoms with Gasteiger partial charge in [-0.05, 0) is 12.1 Å². The summed E-state index contributed by atoms with van der Waals surface area (Å²) in [7, 11) is 1.61. The number of hydrogen-bond acceptors (Lipinski definition) is 3. The van der Waals surface area contributed by atoms with Crippen molar-refractivity contribution in [3.05, 3.63) is 34.7 Å². The number of aromatic nitrogens is 3. The molecule has 3 aromatic rings. The second kappa shape index (κ2) is 3.10. The average Bonchev–Trinajstić information content (AvgIpc) is 2.68. The minimum absolute atomic E-state index is 0.215. The Bertz CT molecular complexity index is 727. The summed E-state index contributed by atoms with van der Waals surface area (Å²) in [6.07, 6.45) is 1.64. The van der Waals surface area contributed by atoms with Gasteiger partial charge in [-0.2, -0.15) is 5.10 Å². The Labute approximate surface area is 90.1 Å². The van der Waals surface area contributed by atoms with Crippen molar-refractivity contribution in [3.63, 3.8) is 0 Å². The molecular weight excluding hydrogens is 206 g/mol. The largest absolute Gasteiger partial charge is 0.497 e. The summed E-state index contributed by atoms with van der Waals surface area (Å²) >= 11 is 0. The van der Waals surface area contributed by atoms with Crippen LogP contribution < -0.4 is 10.3 Å². The van der Waals surface area contributed by atoms with Gasteiger partial charge in [-0.3, -0.25) is 4.79 Å². The molecule has 0 bridgehead atoms. The highest BCUT2D eigenvalue weighted by atomic mass is 16.5. The maximum atomic E-state index is 11.5. The molecule has 2 N–H and O–H groups in total. The number of aromatic amines is 2. The molecule has 1 aromatic carbocycles. The van der Waals surface area contributed by atoms with E-state index in [2.05, 4.69) is 15.2 Å². The lowest BCUT2D eigenvalue weighted by atomic mass is 10.2. The number of ether oxygens (including phenoxy) is 1. The average molecular weight is 215 g/mol. The molecule has 5 nitrogen and oxygen atoms in total. The van der Waals surface area contributed by atoms with Crippen molar-refractivity contribution in [1.29, 1.82) is 0 Å². The van der Waals surface area contributed by atoms with Gasteiger partial charge in [-0.15, -0.1) is 0 Å². The van der Waals surface area contributed by atoms with Gasteiger partial charge in [0.15, 0.2) is 0 Å². The molecule has 0 unspecified atom stereocenters. The number of fused-ring (bicyclic) bond motifs is 3. The van der Waals surface area contributed by atoms with Crippen molar-refractivity contribution in [2.24, 2.45) is 0 Å². The van der Waals surface area contributed by atoms with Crippen LogP contribution in [0.1, 0.15) is 0 Å². The second-order valence-corrected chi connectivity index (χ2v) is 3.52. The predicted octanol–water partition coefficient (Wildman–Crippen LogP) is 1.41. The Balaban J connectivity index is 2.50. The maximum Gasteiger partial charge on any atom is 0.288 e. The van der Waals surface area contributed by atoms with Gasteiger partial charge in [0, 0.05) is 16.8 Å². The van der Waals surface area contributed by atoms with Crippen LogP contribution in [-0.2, 0) is 0 Å². The van der Waals surface area contributed by atoms with Crippen molar-refractivity contribution in [3.8, 4) is 5.75 Å². The smallest absolute Gasteiger partial charge is 0.288 e. The lowest BCUT2D eigenvalue weighted by molar-refractivity contribution is 0.415. The van der Waals surface area contributed by atoms with Crippen LogP contribution in [0.3, 0.4) is 0 Å². The van der Waals surface area contributed by atoms with Gasteiger partial charge >= 0.3 is 0 Å². The highest BCUT2D eigenvalue weighted by Crippen LogP contribution is 2.25. The molecule has 5 heteroatoms. The van der Waals surface area contributed by atoms with E-state index in [0.717, 1.165) is 22.0 Å². The van der Waals surface area contributed by atoms with Crippen LogP contribution in [0.15, 0.2) is 29.2 Å². The molecule has 0 aliphatic heterocycles. The van der Waals surface area contributed by atoms with Gasteiger partial charge in [-0.25, -0.2) is 5.10 Å². The molecule has 0 atom stereocenters. The van der Waals surface area contributed by atoms with Crippen LogP contribution in [0.5, 0.6) is 5.75 Å². The molecule has 0 aliphatic carbocycles. The minimum Gasteiger partial charge on any atom is -0.497 e. The summed E-state index contributed by atoms with van der Waals surface area (Å²) < 4.78 is 5.13. The Morgan fingerprint density at radius 3 is 3.00 bits per heavy atom. The third-order valence-corrected chi connectivity index (χ3v) is 2.63. The molecule has 0 saturated carbocycles. The summed E-state index contributed by atoms with van der Waals surface area (Å²) in [5, 5.41) is 7.97. The Morgan fingerprint density at radius 1 is 1.31 bits per heavy atom. The van der Waals surface area contributed by atoms with Crippen LogP contribution in [0.25, 0.3) is 21.8 Å². The molecule has 80 valence electrons. The number of nitrogens with one attached hydrogen (secondary N) is 2. The molecular formula is C11H9N3O2. The van der Waals surface area contributed by atoms with E-state index >= 15 is 0 Å². The number of rotatable bonds is 1. The SMILES string of the molecule is COc1ccc2c(c1)[nH]c1c(=O)[nH]ncc12. The quantitative estimate of drug-likeness (QED) is 0.644. The number of methoxy groups -OCH3 is 1. The van der Waals surface area contributed by atoms with E-state index in [0.29, 0.717) is 5.52 Å². The topological polar surface area (TPSA) is 70.8 Å². The zero-order valence-electron chi connectivity index (χ0n) is 8.57. The molecule has 16 heavy (non-hydrogen) atoms. The zero-order chi connectivity index (χ0) is 11.1. The monoisotopic (exact) mass is 215 g/mol. The van der Waals surface area contributed by atoms with Gasteiger partial charge in [-0.1, -0.05) is 0 Å². The number of H-pyrrole nitrogens is 2. The molecule has 0 amide bonds. The summed E-state index contributed by atoms with van der Waals surface area (Å²) in [6, 6.07) is 5.62. The van der Waals surface area contributed by atoms with Crippen molar-refractivity contribution in [2.75, 3.05) is 7.11 Å². The lowest BCUT2D eigenvalue weighted by Crippen LogP contribution is -2.06. The fourth-order valence-electron chi connectivity index (χ4n) is 1.85.